The molecule has 108 valence electrons. The van der Waals surface area contributed by atoms with Crippen molar-refractivity contribution < 1.29 is 0 Å². The van der Waals surface area contributed by atoms with Gasteiger partial charge in [0.25, 0.3) is 0 Å². The van der Waals surface area contributed by atoms with Crippen LogP contribution in [0.4, 0.5) is 0 Å². The first-order valence-corrected chi connectivity index (χ1v) is 8.48. The van der Waals surface area contributed by atoms with Crippen molar-refractivity contribution in [1.29, 1.82) is 0 Å². The van der Waals surface area contributed by atoms with Crippen LogP contribution in [0.5, 0.6) is 0 Å². The molecule has 0 amide bonds. The number of fused-ring (bicyclic) bond motifs is 1. The Morgan fingerprint density at radius 1 is 1.20 bits per heavy atom. The second-order valence-corrected chi connectivity index (χ2v) is 6.58. The Bertz CT molecular complexity index is 536. The Kier molecular flexibility index (Phi) is 5.86. The molecule has 0 aliphatic carbocycles. The quantitative estimate of drug-likeness (QED) is 0.816. The number of hydrogen-bond donors (Lipinski definition) is 1. The molecular weight excluding hydrogens is 264 g/mol. The van der Waals surface area contributed by atoms with Crippen molar-refractivity contribution in [3.8, 4) is 0 Å². The lowest BCUT2D eigenvalue weighted by Gasteiger charge is -2.21. The summed E-state index contributed by atoms with van der Waals surface area (Å²) in [6.07, 6.45) is 5.19. The van der Waals surface area contributed by atoms with Gasteiger partial charge in [-0.3, -0.25) is 4.98 Å². The van der Waals surface area contributed by atoms with E-state index in [-0.39, 0.29) is 0 Å². The summed E-state index contributed by atoms with van der Waals surface area (Å²) in [4.78, 5) is 4.41. The Balaban J connectivity index is 2.26. The summed E-state index contributed by atoms with van der Waals surface area (Å²) in [6, 6.07) is 8.89. The molecule has 1 heterocycles. The summed E-state index contributed by atoms with van der Waals surface area (Å²) in [5.41, 5.74) is 1.32. The topological polar surface area (TPSA) is 24.9 Å². The van der Waals surface area contributed by atoms with Gasteiger partial charge in [0.2, 0.25) is 0 Å². The highest BCUT2D eigenvalue weighted by molar-refractivity contribution is 7.99. The molecule has 0 saturated carbocycles. The maximum absolute atomic E-state index is 4.41. The number of rotatable bonds is 7. The van der Waals surface area contributed by atoms with Crippen LogP contribution in [0.2, 0.25) is 0 Å². The summed E-state index contributed by atoms with van der Waals surface area (Å²) in [5, 5.41) is 6.86. The van der Waals surface area contributed by atoms with E-state index >= 15 is 0 Å². The molecule has 2 aromatic rings. The Morgan fingerprint density at radius 3 is 2.75 bits per heavy atom. The molecule has 2 atom stereocenters. The van der Waals surface area contributed by atoms with Crippen LogP contribution in [0, 0.1) is 0 Å². The van der Waals surface area contributed by atoms with Crippen molar-refractivity contribution in [2.24, 2.45) is 0 Å². The third kappa shape index (κ3) is 3.74. The van der Waals surface area contributed by atoms with Gasteiger partial charge in [0.15, 0.2) is 0 Å². The van der Waals surface area contributed by atoms with Crippen LogP contribution in [0.3, 0.4) is 0 Å². The van der Waals surface area contributed by atoms with Crippen LogP contribution >= 0.6 is 11.8 Å². The number of aromatic nitrogens is 1. The van der Waals surface area contributed by atoms with Gasteiger partial charge in [-0.25, -0.2) is 0 Å². The Hall–Kier alpha value is -1.06. The fraction of sp³-hybridized carbons (Fsp3) is 0.471. The zero-order chi connectivity index (χ0) is 14.4. The maximum Gasteiger partial charge on any atom is 0.0433 e. The van der Waals surface area contributed by atoms with E-state index in [1.54, 1.807) is 0 Å². The molecule has 20 heavy (non-hydrogen) atoms. The maximum atomic E-state index is 4.41. The molecular formula is C17H24N2S. The number of pyridine rings is 1. The molecule has 0 aliphatic rings. The van der Waals surface area contributed by atoms with Gasteiger partial charge in [0.1, 0.15) is 0 Å². The molecule has 0 aliphatic heterocycles. The van der Waals surface area contributed by atoms with Crippen LogP contribution in [-0.4, -0.2) is 22.5 Å². The number of hydrogen-bond acceptors (Lipinski definition) is 3. The van der Waals surface area contributed by atoms with E-state index in [0.29, 0.717) is 11.3 Å². The molecule has 0 fully saturated rings. The SMILES string of the molecule is CCNC(CSC(C)CC)c1cncc2ccccc12. The first-order chi connectivity index (χ1) is 9.76. The molecule has 0 saturated heterocycles. The molecule has 0 radical (unpaired) electrons. The minimum Gasteiger partial charge on any atom is -0.309 e. The standard InChI is InChI=1S/C17H24N2S/c1-4-13(3)20-12-17(19-5-2)16-11-18-10-14-8-6-7-9-15(14)16/h6-11,13,17,19H,4-5,12H2,1-3H3. The lowest BCUT2D eigenvalue weighted by atomic mass is 10.0. The van der Waals surface area contributed by atoms with Gasteiger partial charge >= 0.3 is 0 Å². The minimum atomic E-state index is 0.373. The fourth-order valence-electron chi connectivity index (χ4n) is 2.30. The van der Waals surface area contributed by atoms with Crippen LogP contribution in [0.1, 0.15) is 38.8 Å². The highest BCUT2D eigenvalue weighted by Gasteiger charge is 2.15. The fourth-order valence-corrected chi connectivity index (χ4v) is 3.36. The highest BCUT2D eigenvalue weighted by atomic mass is 32.2. The lowest BCUT2D eigenvalue weighted by molar-refractivity contribution is 0.607. The normalized spacial score (nSPS) is 14.3. The second kappa shape index (κ2) is 7.65. The summed E-state index contributed by atoms with van der Waals surface area (Å²) in [6.45, 7) is 7.70. The molecule has 2 unspecified atom stereocenters. The van der Waals surface area contributed by atoms with Crippen LogP contribution in [-0.2, 0) is 0 Å². The van der Waals surface area contributed by atoms with Crippen molar-refractivity contribution in [2.45, 2.75) is 38.5 Å². The van der Waals surface area contributed by atoms with Crippen molar-refractivity contribution in [3.63, 3.8) is 0 Å². The van der Waals surface area contributed by atoms with Gasteiger partial charge < -0.3 is 5.32 Å². The van der Waals surface area contributed by atoms with Gasteiger partial charge in [-0.1, -0.05) is 45.0 Å². The number of nitrogens with one attached hydrogen (secondary N) is 1. The van der Waals surface area contributed by atoms with E-state index < -0.39 is 0 Å². The average molecular weight is 288 g/mol. The van der Waals surface area contributed by atoms with Crippen molar-refractivity contribution in [2.75, 3.05) is 12.3 Å². The van der Waals surface area contributed by atoms with Gasteiger partial charge in [0.05, 0.1) is 0 Å². The minimum absolute atomic E-state index is 0.373. The van der Waals surface area contributed by atoms with Gasteiger partial charge in [-0.05, 0) is 23.9 Å². The van der Waals surface area contributed by atoms with Crippen molar-refractivity contribution in [3.05, 3.63) is 42.2 Å². The number of thioether (sulfide) groups is 1. The van der Waals surface area contributed by atoms with E-state index in [1.165, 1.54) is 22.8 Å². The van der Waals surface area contributed by atoms with E-state index in [0.717, 1.165) is 12.3 Å². The average Bonchev–Trinajstić information content (AvgIpc) is 2.50. The zero-order valence-corrected chi connectivity index (χ0v) is 13.4. The molecule has 2 nitrogen and oxygen atoms in total. The van der Waals surface area contributed by atoms with E-state index in [9.17, 15) is 0 Å². The monoisotopic (exact) mass is 288 g/mol. The molecule has 1 aromatic heterocycles. The second-order valence-electron chi connectivity index (χ2n) is 5.11. The molecule has 1 aromatic carbocycles. The number of nitrogens with zero attached hydrogens (tertiary/aromatic N) is 1. The third-order valence-corrected chi connectivity index (χ3v) is 5.08. The van der Waals surface area contributed by atoms with Crippen LogP contribution < -0.4 is 5.32 Å². The van der Waals surface area contributed by atoms with Gasteiger partial charge in [-0.15, -0.1) is 0 Å². The third-order valence-electron chi connectivity index (χ3n) is 3.65. The summed E-state index contributed by atoms with van der Waals surface area (Å²) in [7, 11) is 0. The molecule has 1 N–H and O–H groups in total. The van der Waals surface area contributed by atoms with Crippen LogP contribution in [0.15, 0.2) is 36.7 Å². The van der Waals surface area contributed by atoms with Crippen molar-refractivity contribution >= 4 is 22.5 Å². The summed E-state index contributed by atoms with van der Waals surface area (Å²) in [5.74, 6) is 1.10. The summed E-state index contributed by atoms with van der Waals surface area (Å²) < 4.78 is 0. The smallest absolute Gasteiger partial charge is 0.0433 e. The molecule has 3 heteroatoms. The molecule has 2 rings (SSSR count). The zero-order valence-electron chi connectivity index (χ0n) is 12.6. The number of benzene rings is 1. The lowest BCUT2D eigenvalue weighted by Crippen LogP contribution is -2.24. The largest absolute Gasteiger partial charge is 0.309 e. The Morgan fingerprint density at radius 2 is 2.00 bits per heavy atom. The first-order valence-electron chi connectivity index (χ1n) is 7.43. The Labute approximate surface area is 126 Å². The summed E-state index contributed by atoms with van der Waals surface area (Å²) >= 11 is 2.04. The van der Waals surface area contributed by atoms with Crippen molar-refractivity contribution in [1.82, 2.24) is 10.3 Å². The van der Waals surface area contributed by atoms with E-state index in [2.05, 4.69) is 55.3 Å². The van der Waals surface area contributed by atoms with Crippen LogP contribution in [0.25, 0.3) is 10.8 Å². The van der Waals surface area contributed by atoms with Gasteiger partial charge in [-0.2, -0.15) is 11.8 Å². The van der Waals surface area contributed by atoms with Gasteiger partial charge in [0, 0.05) is 34.8 Å². The van der Waals surface area contributed by atoms with E-state index in [4.69, 9.17) is 0 Å². The molecule has 0 bridgehead atoms. The predicted octanol–water partition coefficient (Wildman–Crippen LogP) is 4.42. The highest BCUT2D eigenvalue weighted by Crippen LogP contribution is 2.27. The predicted molar refractivity (Wildman–Crippen MR) is 90.4 cm³/mol. The molecule has 0 spiro atoms. The first kappa shape index (κ1) is 15.3. The van der Waals surface area contributed by atoms with E-state index in [1.807, 2.05) is 24.2 Å².